The number of likely N-dealkylation sites (tertiary alicyclic amines) is 1. The molecule has 2 saturated heterocycles. The molecule has 14 heteroatoms. The number of carbonyl (C=O) groups is 2. The van der Waals surface area contributed by atoms with Gasteiger partial charge in [-0.2, -0.15) is 5.10 Å². The van der Waals surface area contributed by atoms with E-state index in [2.05, 4.69) is 31.0 Å². The maximum absolute atomic E-state index is 14.1. The van der Waals surface area contributed by atoms with E-state index < -0.39 is 5.41 Å². The highest BCUT2D eigenvalue weighted by Gasteiger charge is 2.52. The number of thiazole rings is 1. The number of rotatable bonds is 8. The van der Waals surface area contributed by atoms with E-state index in [0.717, 1.165) is 57.3 Å². The summed E-state index contributed by atoms with van der Waals surface area (Å²) < 4.78 is 7.38. The molecule has 8 heterocycles. The van der Waals surface area contributed by atoms with E-state index in [1.807, 2.05) is 68.1 Å². The first-order valence-electron chi connectivity index (χ1n) is 17.2. The van der Waals surface area contributed by atoms with Crippen molar-refractivity contribution in [2.45, 2.75) is 58.7 Å². The van der Waals surface area contributed by atoms with Crippen molar-refractivity contribution in [3.63, 3.8) is 0 Å². The summed E-state index contributed by atoms with van der Waals surface area (Å²) >= 11 is 1.58. The lowest BCUT2D eigenvalue weighted by Crippen LogP contribution is -2.48. The van der Waals surface area contributed by atoms with Crippen LogP contribution >= 0.6 is 11.3 Å². The third-order valence-corrected chi connectivity index (χ3v) is 11.2. The molecule has 0 N–H and O–H groups in total. The monoisotopic (exact) mass is 692 g/mol. The number of pyridine rings is 2. The first kappa shape index (κ1) is 32.4. The molecule has 4 aliphatic heterocycles. The first-order chi connectivity index (χ1) is 24.2. The van der Waals surface area contributed by atoms with Gasteiger partial charge >= 0.3 is 0 Å². The van der Waals surface area contributed by atoms with Gasteiger partial charge in [0.05, 0.1) is 40.4 Å². The second kappa shape index (κ2) is 12.8. The van der Waals surface area contributed by atoms with Crippen LogP contribution in [-0.2, 0) is 23.2 Å². The minimum atomic E-state index is -0.512. The first-order valence-corrected chi connectivity index (χ1v) is 18.0. The second-order valence-electron chi connectivity index (χ2n) is 13.8. The Labute approximate surface area is 294 Å². The number of aromatic nitrogens is 6. The normalized spacial score (nSPS) is 21.3. The summed E-state index contributed by atoms with van der Waals surface area (Å²) in [6.07, 6.45) is 9.63. The van der Waals surface area contributed by atoms with Gasteiger partial charge in [-0.25, -0.2) is 19.9 Å². The van der Waals surface area contributed by atoms with E-state index in [4.69, 9.17) is 14.7 Å². The third kappa shape index (κ3) is 5.89. The molecule has 1 unspecified atom stereocenters. The summed E-state index contributed by atoms with van der Waals surface area (Å²) in [7, 11) is 1.85. The Kier molecular flexibility index (Phi) is 8.30. The second-order valence-corrected chi connectivity index (χ2v) is 14.8. The standard InChI is InChI=1S/C36H40N10O3S/c1-22(2)49-29-8-6-25(17-37-29)30-31-26(18-38-30)5-7-28(41-31)46-16-12-36(35(46)48)11-15-45(20-36)23(3)34(47)44-13-9-24(10-14-44)33-39-19-27(50-33)32-40-21-43(4)42-32/h5-9,17,19,21-23H,10-16,18,20H2,1-4H3/t23?,36-/m0/s1. The fraction of sp³-hybridized carbons (Fsp3) is 0.444. The summed E-state index contributed by atoms with van der Waals surface area (Å²) in [5, 5.41) is 5.33. The summed E-state index contributed by atoms with van der Waals surface area (Å²) in [6.45, 7) is 9.53. The van der Waals surface area contributed by atoms with Gasteiger partial charge in [0.15, 0.2) is 5.82 Å². The zero-order valence-electron chi connectivity index (χ0n) is 28.7. The topological polar surface area (TPSA) is 135 Å². The molecule has 4 aromatic heterocycles. The number of hydrogen-bond acceptors (Lipinski definition) is 11. The number of ether oxygens (including phenoxy) is 1. The van der Waals surface area contributed by atoms with E-state index >= 15 is 0 Å². The van der Waals surface area contributed by atoms with Gasteiger partial charge < -0.3 is 9.64 Å². The molecule has 50 heavy (non-hydrogen) atoms. The van der Waals surface area contributed by atoms with Crippen LogP contribution in [0.3, 0.4) is 0 Å². The number of hydrogen-bond donors (Lipinski definition) is 0. The number of fused-ring (bicyclic) bond motifs is 1. The molecular weight excluding hydrogens is 653 g/mol. The van der Waals surface area contributed by atoms with Gasteiger partial charge in [-0.15, -0.1) is 11.3 Å². The molecule has 2 amide bonds. The fourth-order valence-corrected chi connectivity index (χ4v) is 8.29. The van der Waals surface area contributed by atoms with Gasteiger partial charge in [0.1, 0.15) is 17.2 Å². The number of amides is 2. The number of nitrogens with zero attached hydrogens (tertiary/aromatic N) is 10. The molecule has 8 rings (SSSR count). The lowest BCUT2D eigenvalue weighted by molar-refractivity contribution is -0.136. The Balaban J connectivity index is 0.902. The van der Waals surface area contributed by atoms with Gasteiger partial charge in [-0.1, -0.05) is 12.1 Å². The van der Waals surface area contributed by atoms with E-state index in [-0.39, 0.29) is 24.0 Å². The summed E-state index contributed by atoms with van der Waals surface area (Å²) in [5.41, 5.74) is 4.11. The van der Waals surface area contributed by atoms with Crippen LogP contribution in [0, 0.1) is 5.41 Å². The lowest BCUT2D eigenvalue weighted by Gasteiger charge is -2.32. The van der Waals surface area contributed by atoms with Gasteiger partial charge in [0.2, 0.25) is 17.7 Å². The van der Waals surface area contributed by atoms with E-state index in [1.54, 1.807) is 28.5 Å². The van der Waals surface area contributed by atoms with E-state index in [9.17, 15) is 9.59 Å². The Hall–Kier alpha value is -4.82. The van der Waals surface area contributed by atoms with Crippen molar-refractivity contribution in [3.05, 3.63) is 70.9 Å². The SMILES string of the molecule is CC(C)Oc1ccc(C2=NCc3ccc(N4CC[C@]5(CCN(C(C)C(=O)N6CC=C(c7ncc(-c8ncn(C)n8)s7)CC6)C5)C4=O)nc32)cn1. The Morgan fingerprint density at radius 1 is 1.02 bits per heavy atom. The van der Waals surface area contributed by atoms with Crippen molar-refractivity contribution in [2.75, 3.05) is 37.6 Å². The van der Waals surface area contributed by atoms with Gasteiger partial charge in [0, 0.05) is 69.4 Å². The molecule has 0 aliphatic carbocycles. The average Bonchev–Trinajstić information content (AvgIpc) is 3.97. The zero-order valence-corrected chi connectivity index (χ0v) is 29.6. The maximum atomic E-state index is 14.1. The zero-order chi connectivity index (χ0) is 34.6. The van der Waals surface area contributed by atoms with Crippen LogP contribution in [0.25, 0.3) is 16.3 Å². The molecule has 4 aromatic rings. The Bertz CT molecular complexity index is 2020. The van der Waals surface area contributed by atoms with Crippen molar-refractivity contribution in [1.29, 1.82) is 0 Å². The summed E-state index contributed by atoms with van der Waals surface area (Å²) in [4.78, 5) is 57.8. The highest BCUT2D eigenvalue weighted by atomic mass is 32.1. The smallest absolute Gasteiger partial charge is 0.239 e. The molecular formula is C36H40N10O3S. The van der Waals surface area contributed by atoms with Crippen LogP contribution in [0.1, 0.15) is 61.9 Å². The fourth-order valence-electron chi connectivity index (χ4n) is 7.37. The molecule has 0 bridgehead atoms. The number of anilines is 1. The van der Waals surface area contributed by atoms with E-state index in [1.165, 1.54) is 0 Å². The molecule has 0 radical (unpaired) electrons. The number of aryl methyl sites for hydroxylation is 1. The molecule has 0 aromatic carbocycles. The number of carbonyl (C=O) groups excluding carboxylic acids is 2. The number of aliphatic imine (C=N–C) groups is 1. The average molecular weight is 693 g/mol. The van der Waals surface area contributed by atoms with Crippen LogP contribution in [0.2, 0.25) is 0 Å². The van der Waals surface area contributed by atoms with Crippen molar-refractivity contribution in [1.82, 2.24) is 39.5 Å². The Morgan fingerprint density at radius 2 is 1.88 bits per heavy atom. The maximum Gasteiger partial charge on any atom is 0.239 e. The van der Waals surface area contributed by atoms with Gasteiger partial charge in [-0.05, 0) is 57.7 Å². The van der Waals surface area contributed by atoms with Gasteiger partial charge in [0.25, 0.3) is 0 Å². The van der Waals surface area contributed by atoms with Crippen LogP contribution < -0.4 is 9.64 Å². The lowest BCUT2D eigenvalue weighted by atomic mass is 9.85. The van der Waals surface area contributed by atoms with Crippen molar-refractivity contribution >= 4 is 40.3 Å². The highest BCUT2D eigenvalue weighted by Crippen LogP contribution is 2.43. The molecule has 0 saturated carbocycles. The van der Waals surface area contributed by atoms with Crippen molar-refractivity contribution < 1.29 is 14.3 Å². The summed E-state index contributed by atoms with van der Waals surface area (Å²) in [5.74, 6) is 2.08. The van der Waals surface area contributed by atoms with Crippen molar-refractivity contribution in [2.24, 2.45) is 17.5 Å². The third-order valence-electron chi connectivity index (χ3n) is 10.2. The predicted octanol–water partition coefficient (Wildman–Crippen LogP) is 4.00. The Morgan fingerprint density at radius 3 is 2.62 bits per heavy atom. The molecule has 4 aliphatic rings. The predicted molar refractivity (Wildman–Crippen MR) is 190 cm³/mol. The largest absolute Gasteiger partial charge is 0.475 e. The van der Waals surface area contributed by atoms with E-state index in [0.29, 0.717) is 56.8 Å². The molecule has 1 spiro atoms. The molecule has 13 nitrogen and oxygen atoms in total. The minimum absolute atomic E-state index is 0.0427. The molecule has 258 valence electrons. The highest BCUT2D eigenvalue weighted by molar-refractivity contribution is 7.16. The minimum Gasteiger partial charge on any atom is -0.475 e. The summed E-state index contributed by atoms with van der Waals surface area (Å²) in [6, 6.07) is 7.46. The van der Waals surface area contributed by atoms with Crippen LogP contribution in [-0.4, -0.2) is 102 Å². The quantitative estimate of drug-likeness (QED) is 0.269. The molecule has 2 atom stereocenters. The van der Waals surface area contributed by atoms with Gasteiger partial charge in [-0.3, -0.25) is 29.1 Å². The van der Waals surface area contributed by atoms with Crippen LogP contribution in [0.15, 0.2) is 54.1 Å². The molecule has 2 fully saturated rings. The van der Waals surface area contributed by atoms with Crippen LogP contribution in [0.5, 0.6) is 5.88 Å². The van der Waals surface area contributed by atoms with Crippen molar-refractivity contribution in [3.8, 4) is 16.6 Å². The van der Waals surface area contributed by atoms with Crippen LogP contribution in [0.4, 0.5) is 5.82 Å².